The van der Waals surface area contributed by atoms with Crippen molar-refractivity contribution >= 4 is 58.8 Å². The van der Waals surface area contributed by atoms with Gasteiger partial charge >= 0.3 is 11.5 Å². The number of alkyl halides is 3. The van der Waals surface area contributed by atoms with E-state index in [1.165, 1.54) is 38.3 Å². The largest absolute Gasteiger partial charge is 0.467 e. The molecule has 6 nitrogen and oxygen atoms in total. The van der Waals surface area contributed by atoms with E-state index in [4.69, 9.17) is 23.2 Å². The van der Waals surface area contributed by atoms with E-state index in [0.717, 1.165) is 0 Å². The van der Waals surface area contributed by atoms with Crippen molar-refractivity contribution in [2.45, 2.75) is 36.2 Å². The average Bonchev–Trinajstić information content (AvgIpc) is 2.74. The van der Waals surface area contributed by atoms with Crippen molar-refractivity contribution in [1.29, 1.82) is 0 Å². The maximum absolute atomic E-state index is 12.6. The molecule has 1 atom stereocenters. The lowest BCUT2D eigenvalue weighted by atomic mass is 9.95. The Morgan fingerprint density at radius 2 is 1.84 bits per heavy atom. The average molecular weight is 513 g/mol. The highest BCUT2D eigenvalue weighted by molar-refractivity contribution is 8.00. The molecule has 0 bridgehead atoms. The van der Waals surface area contributed by atoms with Crippen molar-refractivity contribution in [2.75, 3.05) is 20.2 Å². The smallest absolute Gasteiger partial charge is 0.446 e. The van der Waals surface area contributed by atoms with Crippen LogP contribution in [-0.4, -0.2) is 54.4 Å². The Morgan fingerprint density at radius 3 is 2.41 bits per heavy atom. The summed E-state index contributed by atoms with van der Waals surface area (Å²) in [4.78, 5) is 37.5. The molecule has 1 aromatic rings. The summed E-state index contributed by atoms with van der Waals surface area (Å²) in [6.45, 7) is 2.20. The van der Waals surface area contributed by atoms with Gasteiger partial charge in [0.15, 0.2) is 0 Å². The Balaban J connectivity index is 1.94. The zero-order chi connectivity index (χ0) is 24.1. The number of rotatable bonds is 6. The molecule has 12 heteroatoms. The number of thioether (sulfide) groups is 1. The number of hydrogen-bond acceptors (Lipinski definition) is 5. The van der Waals surface area contributed by atoms with E-state index in [1.807, 2.05) is 0 Å². The molecular formula is C20H21Cl2F3N2O4S. The van der Waals surface area contributed by atoms with Crippen molar-refractivity contribution in [3.63, 3.8) is 0 Å². The van der Waals surface area contributed by atoms with Gasteiger partial charge in [0, 0.05) is 30.0 Å². The van der Waals surface area contributed by atoms with Crippen LogP contribution in [0.3, 0.4) is 0 Å². The molecule has 1 saturated heterocycles. The van der Waals surface area contributed by atoms with Gasteiger partial charge in [-0.3, -0.25) is 9.59 Å². The summed E-state index contributed by atoms with van der Waals surface area (Å²) in [6.07, 6.45) is 3.49. The Hall–Kier alpha value is -1.91. The highest BCUT2D eigenvalue weighted by atomic mass is 35.5. The number of carbonyl (C=O) groups is 3. The van der Waals surface area contributed by atoms with Gasteiger partial charge in [-0.1, -0.05) is 29.3 Å². The number of methoxy groups -OCH3 is 1. The number of benzene rings is 1. The summed E-state index contributed by atoms with van der Waals surface area (Å²) in [7, 11) is 1.24. The third kappa shape index (κ3) is 7.31. The molecule has 0 radical (unpaired) electrons. The fourth-order valence-electron chi connectivity index (χ4n) is 3.07. The van der Waals surface area contributed by atoms with Crippen LogP contribution in [0.2, 0.25) is 10.0 Å². The van der Waals surface area contributed by atoms with Crippen molar-refractivity contribution in [3.05, 3.63) is 33.8 Å². The highest BCUT2D eigenvalue weighted by Gasteiger charge is 2.31. The lowest BCUT2D eigenvalue weighted by Gasteiger charge is -2.31. The maximum atomic E-state index is 12.6. The minimum absolute atomic E-state index is 0.0833. The molecule has 1 unspecified atom stereocenters. The third-order valence-corrected chi connectivity index (χ3v) is 6.60. The van der Waals surface area contributed by atoms with Gasteiger partial charge in [0.05, 0.1) is 17.2 Å². The summed E-state index contributed by atoms with van der Waals surface area (Å²) < 4.78 is 42.2. The minimum Gasteiger partial charge on any atom is -0.467 e. The predicted octanol–water partition coefficient (Wildman–Crippen LogP) is 4.53. The van der Waals surface area contributed by atoms with Gasteiger partial charge in [0.1, 0.15) is 6.04 Å². The second kappa shape index (κ2) is 11.3. The van der Waals surface area contributed by atoms with Crippen LogP contribution in [0, 0.1) is 5.92 Å². The maximum Gasteiger partial charge on any atom is 0.446 e. The quantitative estimate of drug-likeness (QED) is 0.344. The summed E-state index contributed by atoms with van der Waals surface area (Å²) in [5, 5.41) is 2.27. The summed E-state index contributed by atoms with van der Waals surface area (Å²) in [6, 6.07) is 1.79. The van der Waals surface area contributed by atoms with Crippen LogP contribution in [0.5, 0.6) is 0 Å². The molecular weight excluding hydrogens is 492 g/mol. The predicted molar refractivity (Wildman–Crippen MR) is 116 cm³/mol. The van der Waals surface area contributed by atoms with Gasteiger partial charge in [0.25, 0.3) is 0 Å². The first-order valence-electron chi connectivity index (χ1n) is 9.52. The molecule has 176 valence electrons. The fraction of sp³-hybridized carbons (Fsp3) is 0.450. The number of amides is 2. The first-order chi connectivity index (χ1) is 14.9. The minimum atomic E-state index is -4.50. The van der Waals surface area contributed by atoms with E-state index >= 15 is 0 Å². The topological polar surface area (TPSA) is 75.7 Å². The molecule has 0 aliphatic carbocycles. The van der Waals surface area contributed by atoms with E-state index in [0.29, 0.717) is 31.5 Å². The third-order valence-electron chi connectivity index (χ3n) is 4.80. The number of piperidine rings is 1. The molecule has 2 amide bonds. The number of nitrogens with zero attached hydrogens (tertiary/aromatic N) is 1. The van der Waals surface area contributed by atoms with E-state index in [2.05, 4.69) is 10.1 Å². The summed E-state index contributed by atoms with van der Waals surface area (Å²) in [5.41, 5.74) is -4.19. The fourth-order valence-corrected chi connectivity index (χ4v) is 4.22. The van der Waals surface area contributed by atoms with Crippen molar-refractivity contribution in [1.82, 2.24) is 10.2 Å². The second-order valence-electron chi connectivity index (χ2n) is 7.02. The standard InChI is InChI=1S/C20H21Cl2F3N2O4S/c1-11(19(30)31-2)26-18(29)13-7-9-27(10-8-13)15(28)6-4-12-3-5-14(17(22)16(12)21)32-20(23,24)25/h3-6,11,13H,7-10H2,1-2H3,(H,26,29)/b6-4+. The number of carbonyl (C=O) groups excluding carboxylic acids is 3. The van der Waals surface area contributed by atoms with E-state index < -0.39 is 17.5 Å². The molecule has 1 aliphatic rings. The number of halogens is 5. The molecule has 1 aliphatic heterocycles. The zero-order valence-corrected chi connectivity index (χ0v) is 19.5. The van der Waals surface area contributed by atoms with Crippen LogP contribution >= 0.6 is 35.0 Å². The Morgan fingerprint density at radius 1 is 1.22 bits per heavy atom. The summed E-state index contributed by atoms with van der Waals surface area (Å²) >= 11 is 11.6. The van der Waals surface area contributed by atoms with Crippen LogP contribution < -0.4 is 5.32 Å². The lowest BCUT2D eigenvalue weighted by Crippen LogP contribution is -2.46. The second-order valence-corrected chi connectivity index (χ2v) is 8.88. The first kappa shape index (κ1) is 26.3. The molecule has 0 aromatic heterocycles. The highest BCUT2D eigenvalue weighted by Crippen LogP contribution is 2.43. The van der Waals surface area contributed by atoms with Crippen LogP contribution in [0.4, 0.5) is 13.2 Å². The number of ether oxygens (including phenoxy) is 1. The number of hydrogen-bond donors (Lipinski definition) is 1. The molecule has 1 aromatic carbocycles. The molecule has 32 heavy (non-hydrogen) atoms. The van der Waals surface area contributed by atoms with Crippen LogP contribution in [0.25, 0.3) is 6.08 Å². The molecule has 0 saturated carbocycles. The molecule has 1 fully saturated rings. The summed E-state index contributed by atoms with van der Waals surface area (Å²) in [5.74, 6) is -1.47. The van der Waals surface area contributed by atoms with Gasteiger partial charge in [-0.15, -0.1) is 0 Å². The van der Waals surface area contributed by atoms with E-state index in [1.54, 1.807) is 4.90 Å². The lowest BCUT2D eigenvalue weighted by molar-refractivity contribution is -0.145. The van der Waals surface area contributed by atoms with Crippen molar-refractivity contribution in [2.24, 2.45) is 5.92 Å². The van der Waals surface area contributed by atoms with Crippen LogP contribution in [0.1, 0.15) is 25.3 Å². The van der Waals surface area contributed by atoms with Gasteiger partial charge in [-0.25, -0.2) is 4.79 Å². The SMILES string of the molecule is COC(=O)C(C)NC(=O)C1CCN(C(=O)/C=C/c2ccc(SC(F)(F)F)c(Cl)c2Cl)CC1. The Kier molecular flexibility index (Phi) is 9.29. The van der Waals surface area contributed by atoms with Crippen LogP contribution in [0.15, 0.2) is 23.1 Å². The molecule has 0 spiro atoms. The Bertz CT molecular complexity index is 904. The van der Waals surface area contributed by atoms with Gasteiger partial charge in [0.2, 0.25) is 11.8 Å². The van der Waals surface area contributed by atoms with E-state index in [-0.39, 0.29) is 44.4 Å². The van der Waals surface area contributed by atoms with Crippen molar-refractivity contribution in [3.8, 4) is 0 Å². The van der Waals surface area contributed by atoms with Gasteiger partial charge in [-0.2, -0.15) is 13.2 Å². The number of esters is 1. The zero-order valence-electron chi connectivity index (χ0n) is 17.2. The Labute approximate surface area is 197 Å². The number of likely N-dealkylation sites (tertiary alicyclic amines) is 1. The van der Waals surface area contributed by atoms with Gasteiger partial charge < -0.3 is 15.0 Å². The molecule has 1 N–H and O–H groups in total. The monoisotopic (exact) mass is 512 g/mol. The molecule has 1 heterocycles. The van der Waals surface area contributed by atoms with Crippen molar-refractivity contribution < 1.29 is 32.3 Å². The number of nitrogens with one attached hydrogen (secondary N) is 1. The van der Waals surface area contributed by atoms with E-state index in [9.17, 15) is 27.6 Å². The normalized spacial score (nSPS) is 16.2. The first-order valence-corrected chi connectivity index (χ1v) is 11.1. The van der Waals surface area contributed by atoms with Gasteiger partial charge in [-0.05, 0) is 49.2 Å². The van der Waals surface area contributed by atoms with Crippen LogP contribution in [-0.2, 0) is 19.1 Å². The molecule has 2 rings (SSSR count).